The fraction of sp³-hybridized carbons (Fsp3) is 0.818. The maximum atomic E-state index is 5.92. The summed E-state index contributed by atoms with van der Waals surface area (Å²) in [5.41, 5.74) is 0.783. The Morgan fingerprint density at radius 1 is 1.14 bits per heavy atom. The molecule has 0 aromatic rings. The van der Waals surface area contributed by atoms with Gasteiger partial charge in [-0.25, -0.2) is 0 Å². The SMILES string of the molecule is C/C=C(\CC)B1OC(C)(C)C(C)(C)O1. The van der Waals surface area contributed by atoms with Gasteiger partial charge in [-0.3, -0.25) is 0 Å². The Morgan fingerprint density at radius 2 is 1.57 bits per heavy atom. The monoisotopic (exact) mass is 196 g/mol. The van der Waals surface area contributed by atoms with Crippen molar-refractivity contribution in [3.63, 3.8) is 0 Å². The molecule has 1 fully saturated rings. The normalized spacial score (nSPS) is 25.6. The molecule has 1 rings (SSSR count). The highest BCUT2D eigenvalue weighted by Gasteiger charge is 2.51. The minimum atomic E-state index is -0.221. The molecule has 0 aromatic carbocycles. The Balaban J connectivity index is 2.82. The van der Waals surface area contributed by atoms with Crippen molar-refractivity contribution in [1.82, 2.24) is 0 Å². The second-order valence-corrected chi connectivity index (χ2v) is 4.81. The fourth-order valence-electron chi connectivity index (χ4n) is 1.50. The first-order valence-electron chi connectivity index (χ1n) is 5.35. The number of hydrogen-bond acceptors (Lipinski definition) is 2. The summed E-state index contributed by atoms with van der Waals surface area (Å²) in [5, 5.41) is 0. The van der Waals surface area contributed by atoms with E-state index < -0.39 is 0 Å². The summed E-state index contributed by atoms with van der Waals surface area (Å²) in [4.78, 5) is 0. The van der Waals surface area contributed by atoms with Crippen LogP contribution in [-0.4, -0.2) is 18.3 Å². The van der Waals surface area contributed by atoms with Crippen molar-refractivity contribution >= 4 is 7.12 Å². The average Bonchev–Trinajstić information content (AvgIpc) is 2.23. The van der Waals surface area contributed by atoms with Gasteiger partial charge in [0.1, 0.15) is 0 Å². The molecule has 0 spiro atoms. The molecule has 0 unspecified atom stereocenters. The molecule has 0 amide bonds. The van der Waals surface area contributed by atoms with Crippen LogP contribution in [0.3, 0.4) is 0 Å². The smallest absolute Gasteiger partial charge is 0.400 e. The third kappa shape index (κ3) is 1.89. The zero-order valence-electron chi connectivity index (χ0n) is 10.2. The highest BCUT2D eigenvalue weighted by atomic mass is 16.7. The van der Waals surface area contributed by atoms with Crippen LogP contribution in [0.25, 0.3) is 0 Å². The van der Waals surface area contributed by atoms with Crippen LogP contribution in [0.5, 0.6) is 0 Å². The Bertz CT molecular complexity index is 228. The lowest BCUT2D eigenvalue weighted by Gasteiger charge is -2.32. The molecule has 2 nitrogen and oxygen atoms in total. The Kier molecular flexibility index (Phi) is 3.12. The van der Waals surface area contributed by atoms with Gasteiger partial charge in [-0.2, -0.15) is 0 Å². The summed E-state index contributed by atoms with van der Waals surface area (Å²) in [6.07, 6.45) is 3.06. The number of allylic oxidation sites excluding steroid dienone is 2. The van der Waals surface area contributed by atoms with Crippen molar-refractivity contribution in [3.8, 4) is 0 Å². The summed E-state index contributed by atoms with van der Waals surface area (Å²) in [7, 11) is -0.157. The van der Waals surface area contributed by atoms with Gasteiger partial charge in [0, 0.05) is 0 Å². The molecule has 0 aliphatic carbocycles. The molecule has 0 saturated carbocycles. The van der Waals surface area contributed by atoms with E-state index in [0.29, 0.717) is 0 Å². The van der Waals surface area contributed by atoms with Gasteiger partial charge in [-0.1, -0.05) is 13.0 Å². The van der Waals surface area contributed by atoms with E-state index in [-0.39, 0.29) is 18.3 Å². The van der Waals surface area contributed by atoms with Gasteiger partial charge in [-0.15, -0.1) is 0 Å². The zero-order chi connectivity index (χ0) is 11.0. The summed E-state index contributed by atoms with van der Waals surface area (Å²) in [6, 6.07) is 0. The van der Waals surface area contributed by atoms with Crippen molar-refractivity contribution < 1.29 is 9.31 Å². The van der Waals surface area contributed by atoms with Crippen LogP contribution in [0.4, 0.5) is 0 Å². The maximum Gasteiger partial charge on any atom is 0.490 e. The summed E-state index contributed by atoms with van der Waals surface area (Å²) in [6.45, 7) is 12.5. The van der Waals surface area contributed by atoms with Crippen molar-refractivity contribution in [1.29, 1.82) is 0 Å². The molecule has 1 aliphatic rings. The Morgan fingerprint density at radius 3 is 1.86 bits per heavy atom. The van der Waals surface area contributed by atoms with E-state index >= 15 is 0 Å². The van der Waals surface area contributed by atoms with Crippen LogP contribution in [0.15, 0.2) is 11.5 Å². The fourth-order valence-corrected chi connectivity index (χ4v) is 1.50. The molecule has 0 N–H and O–H groups in total. The second kappa shape index (κ2) is 3.71. The molecular formula is C11H21BO2. The molecule has 1 aliphatic heterocycles. The number of hydrogen-bond donors (Lipinski definition) is 0. The molecule has 0 bridgehead atoms. The summed E-state index contributed by atoms with van der Waals surface area (Å²) in [5.74, 6) is 0. The van der Waals surface area contributed by atoms with Gasteiger partial charge in [0.25, 0.3) is 0 Å². The third-order valence-electron chi connectivity index (χ3n) is 3.34. The van der Waals surface area contributed by atoms with E-state index in [1.165, 1.54) is 5.47 Å². The lowest BCUT2D eigenvalue weighted by Crippen LogP contribution is -2.41. The van der Waals surface area contributed by atoms with Gasteiger partial charge < -0.3 is 9.31 Å². The lowest BCUT2D eigenvalue weighted by atomic mass is 9.76. The van der Waals surface area contributed by atoms with E-state index in [1.807, 2.05) is 6.92 Å². The van der Waals surface area contributed by atoms with Crippen LogP contribution >= 0.6 is 0 Å². The summed E-state index contributed by atoms with van der Waals surface area (Å²) < 4.78 is 11.8. The minimum Gasteiger partial charge on any atom is -0.400 e. The molecule has 0 aromatic heterocycles. The second-order valence-electron chi connectivity index (χ2n) is 4.81. The quantitative estimate of drug-likeness (QED) is 0.632. The van der Waals surface area contributed by atoms with E-state index in [2.05, 4.69) is 40.7 Å². The highest BCUT2D eigenvalue weighted by Crippen LogP contribution is 2.38. The van der Waals surface area contributed by atoms with Crippen LogP contribution in [-0.2, 0) is 9.31 Å². The molecule has 14 heavy (non-hydrogen) atoms. The van der Waals surface area contributed by atoms with Crippen molar-refractivity contribution in [2.75, 3.05) is 0 Å². The average molecular weight is 196 g/mol. The van der Waals surface area contributed by atoms with Gasteiger partial charge in [0.05, 0.1) is 11.2 Å². The minimum absolute atomic E-state index is 0.157. The molecule has 0 radical (unpaired) electrons. The van der Waals surface area contributed by atoms with Gasteiger partial charge >= 0.3 is 7.12 Å². The van der Waals surface area contributed by atoms with Crippen LogP contribution in [0, 0.1) is 0 Å². The molecule has 0 atom stereocenters. The van der Waals surface area contributed by atoms with Gasteiger partial charge in [0.2, 0.25) is 0 Å². The van der Waals surface area contributed by atoms with Crippen molar-refractivity contribution in [3.05, 3.63) is 11.5 Å². The van der Waals surface area contributed by atoms with Crippen LogP contribution < -0.4 is 0 Å². The van der Waals surface area contributed by atoms with E-state index in [1.54, 1.807) is 0 Å². The molecule has 1 saturated heterocycles. The molecule has 80 valence electrons. The third-order valence-corrected chi connectivity index (χ3v) is 3.34. The summed E-state index contributed by atoms with van der Waals surface area (Å²) >= 11 is 0. The topological polar surface area (TPSA) is 18.5 Å². The highest BCUT2D eigenvalue weighted by molar-refractivity contribution is 6.54. The molecule has 3 heteroatoms. The first-order valence-corrected chi connectivity index (χ1v) is 5.35. The van der Waals surface area contributed by atoms with Crippen molar-refractivity contribution in [2.24, 2.45) is 0 Å². The zero-order valence-corrected chi connectivity index (χ0v) is 10.2. The Hall–Kier alpha value is -0.275. The van der Waals surface area contributed by atoms with Crippen LogP contribution in [0.2, 0.25) is 0 Å². The molecular weight excluding hydrogens is 175 g/mol. The van der Waals surface area contributed by atoms with Gasteiger partial charge in [0.15, 0.2) is 0 Å². The number of rotatable bonds is 2. The van der Waals surface area contributed by atoms with E-state index in [0.717, 1.165) is 6.42 Å². The first kappa shape index (κ1) is 11.8. The first-order chi connectivity index (χ1) is 6.34. The molecule has 1 heterocycles. The lowest BCUT2D eigenvalue weighted by molar-refractivity contribution is 0.00578. The van der Waals surface area contributed by atoms with Gasteiger partial charge in [-0.05, 0) is 46.5 Å². The largest absolute Gasteiger partial charge is 0.490 e. The standard InChI is InChI=1S/C11H21BO2/c1-7-9(8-2)12-13-10(3,4)11(5,6)14-12/h7H,8H2,1-6H3/b9-7+. The Labute approximate surface area is 87.8 Å². The van der Waals surface area contributed by atoms with Crippen LogP contribution in [0.1, 0.15) is 48.0 Å². The predicted octanol–water partition coefficient (Wildman–Crippen LogP) is 2.97. The van der Waals surface area contributed by atoms with E-state index in [9.17, 15) is 0 Å². The van der Waals surface area contributed by atoms with Crippen molar-refractivity contribution in [2.45, 2.75) is 59.2 Å². The maximum absolute atomic E-state index is 5.92. The predicted molar refractivity (Wildman–Crippen MR) is 60.1 cm³/mol. The van der Waals surface area contributed by atoms with E-state index in [4.69, 9.17) is 9.31 Å².